The molecule has 2 heteroatoms. The van der Waals surface area contributed by atoms with Gasteiger partial charge in [-0.25, -0.2) is 9.13 Å². The average molecular weight is 336 g/mol. The van der Waals surface area contributed by atoms with Crippen molar-refractivity contribution >= 4 is 0 Å². The van der Waals surface area contributed by atoms with E-state index >= 15 is 0 Å². The third-order valence-corrected chi connectivity index (χ3v) is 5.26. The summed E-state index contributed by atoms with van der Waals surface area (Å²) in [6, 6.07) is 0. The maximum atomic E-state index is 2.45. The molecule has 0 radical (unpaired) electrons. The molecular formula is C22H43N2+. The second kappa shape index (κ2) is 14.5. The van der Waals surface area contributed by atoms with Gasteiger partial charge in [-0.3, -0.25) is 0 Å². The van der Waals surface area contributed by atoms with Crippen LogP contribution in [0.15, 0.2) is 12.4 Å². The summed E-state index contributed by atoms with van der Waals surface area (Å²) in [5.41, 5.74) is 0. The van der Waals surface area contributed by atoms with E-state index < -0.39 is 0 Å². The Bertz CT molecular complexity index is 395. The molecule has 140 valence electrons. The summed E-state index contributed by atoms with van der Waals surface area (Å²) in [6.07, 6.45) is 24.1. The van der Waals surface area contributed by atoms with Crippen LogP contribution in [0.1, 0.15) is 110 Å². The van der Waals surface area contributed by atoms with Crippen LogP contribution >= 0.6 is 0 Å². The molecule has 0 aliphatic carbocycles. The fourth-order valence-corrected chi connectivity index (χ4v) is 3.49. The lowest BCUT2D eigenvalue weighted by Crippen LogP contribution is -2.35. The zero-order valence-corrected chi connectivity index (χ0v) is 16.9. The molecule has 0 atom stereocenters. The Balaban J connectivity index is 2.03. The van der Waals surface area contributed by atoms with Gasteiger partial charge in [-0.15, -0.1) is 0 Å². The first-order valence-corrected chi connectivity index (χ1v) is 10.8. The molecule has 0 unspecified atom stereocenters. The van der Waals surface area contributed by atoms with Crippen LogP contribution in [0.3, 0.4) is 0 Å². The number of hydrogen-bond acceptors (Lipinski definition) is 0. The molecule has 0 N–H and O–H groups in total. The smallest absolute Gasteiger partial charge is 0.234 e. The van der Waals surface area contributed by atoms with E-state index in [-0.39, 0.29) is 0 Å². The predicted molar refractivity (Wildman–Crippen MR) is 105 cm³/mol. The summed E-state index contributed by atoms with van der Waals surface area (Å²) in [4.78, 5) is 0. The van der Waals surface area contributed by atoms with Gasteiger partial charge in [-0.05, 0) is 25.7 Å². The minimum Gasteiger partial charge on any atom is -0.234 e. The Morgan fingerprint density at radius 3 is 1.79 bits per heavy atom. The van der Waals surface area contributed by atoms with Crippen molar-refractivity contribution in [1.29, 1.82) is 0 Å². The Labute approximate surface area is 151 Å². The average Bonchev–Trinajstić information content (AvgIpc) is 2.94. The van der Waals surface area contributed by atoms with Crippen molar-refractivity contribution < 1.29 is 4.57 Å². The van der Waals surface area contributed by atoms with Crippen molar-refractivity contribution in [3.63, 3.8) is 0 Å². The standard InChI is InChI=1S/C22H43N2/c1-4-6-8-10-11-12-13-14-15-17-19-24-21-20-23(22(24)3)18-16-9-7-5-2/h20-21H,4-19H2,1-3H3/q+1. The molecule has 0 amide bonds. The van der Waals surface area contributed by atoms with E-state index in [1.807, 2.05) is 0 Å². The molecule has 0 aromatic carbocycles. The van der Waals surface area contributed by atoms with E-state index in [0.717, 1.165) is 0 Å². The van der Waals surface area contributed by atoms with Gasteiger partial charge in [0.05, 0.1) is 13.1 Å². The molecule has 0 aliphatic heterocycles. The zero-order chi connectivity index (χ0) is 17.5. The predicted octanol–water partition coefficient (Wildman–Crippen LogP) is 6.59. The minimum absolute atomic E-state index is 1.19. The van der Waals surface area contributed by atoms with Crippen LogP contribution in [0.2, 0.25) is 0 Å². The second-order valence-corrected chi connectivity index (χ2v) is 7.47. The van der Waals surface area contributed by atoms with Gasteiger partial charge in [0.2, 0.25) is 0 Å². The quantitative estimate of drug-likeness (QED) is 0.238. The monoisotopic (exact) mass is 335 g/mol. The molecule has 0 saturated carbocycles. The number of rotatable bonds is 16. The van der Waals surface area contributed by atoms with Crippen molar-refractivity contribution in [3.8, 4) is 0 Å². The fourth-order valence-electron chi connectivity index (χ4n) is 3.49. The zero-order valence-electron chi connectivity index (χ0n) is 16.9. The first kappa shape index (κ1) is 21.3. The second-order valence-electron chi connectivity index (χ2n) is 7.47. The molecule has 0 fully saturated rings. The lowest BCUT2D eigenvalue weighted by atomic mass is 10.1. The first-order valence-electron chi connectivity index (χ1n) is 10.8. The van der Waals surface area contributed by atoms with Gasteiger partial charge in [-0.1, -0.05) is 78.1 Å². The van der Waals surface area contributed by atoms with Crippen LogP contribution < -0.4 is 4.57 Å². The topological polar surface area (TPSA) is 8.81 Å². The summed E-state index contributed by atoms with van der Waals surface area (Å²) in [7, 11) is 0. The highest BCUT2D eigenvalue weighted by atomic mass is 15.1. The van der Waals surface area contributed by atoms with E-state index in [1.165, 1.54) is 109 Å². The molecule has 0 aliphatic rings. The number of unbranched alkanes of at least 4 members (excludes halogenated alkanes) is 12. The third kappa shape index (κ3) is 9.49. The van der Waals surface area contributed by atoms with Gasteiger partial charge >= 0.3 is 0 Å². The maximum Gasteiger partial charge on any atom is 0.253 e. The summed E-state index contributed by atoms with van der Waals surface area (Å²) in [5.74, 6) is 1.43. The van der Waals surface area contributed by atoms with E-state index in [2.05, 4.69) is 42.3 Å². The van der Waals surface area contributed by atoms with Crippen molar-refractivity contribution in [2.24, 2.45) is 0 Å². The van der Waals surface area contributed by atoms with Gasteiger partial charge in [-0.2, -0.15) is 0 Å². The number of imidazole rings is 1. The highest BCUT2D eigenvalue weighted by Crippen LogP contribution is 2.11. The van der Waals surface area contributed by atoms with Gasteiger partial charge in [0.15, 0.2) is 0 Å². The van der Waals surface area contributed by atoms with Crippen LogP contribution in [0.5, 0.6) is 0 Å². The summed E-state index contributed by atoms with van der Waals surface area (Å²) in [5, 5.41) is 0. The van der Waals surface area contributed by atoms with Crippen molar-refractivity contribution in [2.75, 3.05) is 0 Å². The molecule has 0 spiro atoms. The van der Waals surface area contributed by atoms with Crippen molar-refractivity contribution in [2.45, 2.75) is 124 Å². The van der Waals surface area contributed by atoms with E-state index in [9.17, 15) is 0 Å². The Hall–Kier alpha value is -0.790. The van der Waals surface area contributed by atoms with Gasteiger partial charge < -0.3 is 0 Å². The summed E-state index contributed by atoms with van der Waals surface area (Å²) >= 11 is 0. The Kier molecular flexibility index (Phi) is 12.9. The van der Waals surface area contributed by atoms with Crippen LogP contribution in [0, 0.1) is 6.92 Å². The van der Waals surface area contributed by atoms with Gasteiger partial charge in [0.25, 0.3) is 5.82 Å². The number of aryl methyl sites for hydroxylation is 2. The lowest BCUT2D eigenvalue weighted by Gasteiger charge is -2.03. The molecule has 0 bridgehead atoms. The molecule has 2 nitrogen and oxygen atoms in total. The van der Waals surface area contributed by atoms with Gasteiger partial charge in [0, 0.05) is 6.92 Å². The summed E-state index contributed by atoms with van der Waals surface area (Å²) in [6.45, 7) is 9.24. The summed E-state index contributed by atoms with van der Waals surface area (Å²) < 4.78 is 4.89. The minimum atomic E-state index is 1.19. The molecule has 24 heavy (non-hydrogen) atoms. The van der Waals surface area contributed by atoms with E-state index in [0.29, 0.717) is 0 Å². The number of nitrogens with zero attached hydrogens (tertiary/aromatic N) is 2. The molecule has 0 saturated heterocycles. The van der Waals surface area contributed by atoms with Crippen molar-refractivity contribution in [3.05, 3.63) is 18.2 Å². The molecule has 1 aromatic heterocycles. The van der Waals surface area contributed by atoms with Crippen molar-refractivity contribution in [1.82, 2.24) is 4.57 Å². The fraction of sp³-hybridized carbons (Fsp3) is 0.864. The normalized spacial score (nSPS) is 11.3. The molecule has 1 aromatic rings. The van der Waals surface area contributed by atoms with E-state index in [4.69, 9.17) is 0 Å². The SMILES string of the molecule is CCCCCCCCCCCCn1cc[n+](CCCCCC)c1C. The highest BCUT2D eigenvalue weighted by Gasteiger charge is 2.11. The lowest BCUT2D eigenvalue weighted by molar-refractivity contribution is -0.702. The van der Waals surface area contributed by atoms with Gasteiger partial charge in [0.1, 0.15) is 12.4 Å². The molecular weight excluding hydrogens is 292 g/mol. The highest BCUT2D eigenvalue weighted by molar-refractivity contribution is 4.79. The third-order valence-electron chi connectivity index (χ3n) is 5.26. The number of hydrogen-bond donors (Lipinski definition) is 0. The molecule has 1 heterocycles. The molecule has 1 rings (SSSR count). The Morgan fingerprint density at radius 2 is 1.21 bits per heavy atom. The largest absolute Gasteiger partial charge is 0.253 e. The first-order chi connectivity index (χ1) is 11.8. The van der Waals surface area contributed by atoms with Crippen LogP contribution in [-0.2, 0) is 13.1 Å². The van der Waals surface area contributed by atoms with Crippen LogP contribution in [-0.4, -0.2) is 4.57 Å². The maximum absolute atomic E-state index is 2.45. The van der Waals surface area contributed by atoms with Crippen LogP contribution in [0.4, 0.5) is 0 Å². The van der Waals surface area contributed by atoms with Crippen LogP contribution in [0.25, 0.3) is 0 Å². The Morgan fingerprint density at radius 1 is 0.708 bits per heavy atom. The van der Waals surface area contributed by atoms with E-state index in [1.54, 1.807) is 0 Å². The number of aromatic nitrogens is 2.